The number of aliphatic hydroxyl groups excluding tert-OH is 7. The third kappa shape index (κ3) is 3.55. The van der Waals surface area contributed by atoms with Crippen molar-refractivity contribution in [3.05, 3.63) is 17.3 Å². The molecule has 2 aliphatic rings. The molecule has 2 aromatic rings. The standard InChI is InChI=1S/C17H24N4O10S/c22-1-6-9(25)10(26)11(27)16(29-6)30-12-7(2-23)31-17(3-24,13(12)28)21-5-20-8-14(21)18-4-19-15(8)32/h4-7,9-13,16,22-28H,1-3H2,(H,18,19,32)/t6-,7-,9+,10+,11-,12-,13+,16+,17?/m1/s1. The zero-order chi connectivity index (χ0) is 23.2. The van der Waals surface area contributed by atoms with Crippen LogP contribution in [0.1, 0.15) is 0 Å². The Balaban J connectivity index is 1.67. The van der Waals surface area contributed by atoms with E-state index in [9.17, 15) is 35.7 Å². The Morgan fingerprint density at radius 3 is 2.44 bits per heavy atom. The number of aliphatic hydroxyl groups is 7. The van der Waals surface area contributed by atoms with Gasteiger partial charge in [-0.15, -0.1) is 0 Å². The molecular formula is C17H24N4O10S. The van der Waals surface area contributed by atoms with Crippen molar-refractivity contribution in [2.45, 2.75) is 54.7 Å². The van der Waals surface area contributed by atoms with Crippen molar-refractivity contribution in [3.8, 4) is 0 Å². The monoisotopic (exact) mass is 476 g/mol. The molecular weight excluding hydrogens is 452 g/mol. The molecule has 2 saturated heterocycles. The molecule has 178 valence electrons. The number of aromatic nitrogens is 4. The zero-order valence-electron chi connectivity index (χ0n) is 16.5. The lowest BCUT2D eigenvalue weighted by Gasteiger charge is -2.41. The minimum Gasteiger partial charge on any atom is -0.394 e. The lowest BCUT2D eigenvalue weighted by Crippen LogP contribution is -2.60. The first-order chi connectivity index (χ1) is 15.3. The van der Waals surface area contributed by atoms with Crippen molar-refractivity contribution in [3.63, 3.8) is 0 Å². The molecule has 15 heteroatoms. The smallest absolute Gasteiger partial charge is 0.199 e. The molecule has 2 fully saturated rings. The van der Waals surface area contributed by atoms with Gasteiger partial charge in [0.1, 0.15) is 53.9 Å². The molecule has 0 aromatic carbocycles. The average molecular weight is 476 g/mol. The van der Waals surface area contributed by atoms with Gasteiger partial charge in [-0.2, -0.15) is 0 Å². The van der Waals surface area contributed by atoms with Crippen LogP contribution in [0.3, 0.4) is 0 Å². The maximum absolute atomic E-state index is 11.1. The van der Waals surface area contributed by atoms with Crippen LogP contribution in [-0.2, 0) is 19.9 Å². The van der Waals surface area contributed by atoms with Crippen LogP contribution in [0.4, 0.5) is 0 Å². The van der Waals surface area contributed by atoms with Gasteiger partial charge in [0.2, 0.25) is 0 Å². The van der Waals surface area contributed by atoms with Crippen molar-refractivity contribution in [1.82, 2.24) is 19.5 Å². The second-order valence-corrected chi connectivity index (χ2v) is 7.99. The Kier molecular flexibility index (Phi) is 6.59. The fraction of sp³-hybridized carbons (Fsp3) is 0.706. The van der Waals surface area contributed by atoms with Crippen LogP contribution in [0.2, 0.25) is 0 Å². The predicted octanol–water partition coefficient (Wildman–Crippen LogP) is -3.93. The largest absolute Gasteiger partial charge is 0.394 e. The van der Waals surface area contributed by atoms with Crippen molar-refractivity contribution in [2.75, 3.05) is 19.8 Å². The second-order valence-electron chi connectivity index (χ2n) is 7.60. The molecule has 0 saturated carbocycles. The number of hydrogen-bond acceptors (Lipinski definition) is 13. The Hall–Kier alpha value is -1.63. The molecule has 9 atom stereocenters. The van der Waals surface area contributed by atoms with Gasteiger partial charge in [-0.3, -0.25) is 4.57 Å². The SMILES string of the molecule is OC[C@H]1O[C@@H](O[C@@H]2[C@@H](CO)OC(CO)(n3cnc4c(=S)nc[nH]c43)[C@H]2O)[C@H](O)[C@@H](O)[C@H]1O. The Morgan fingerprint density at radius 2 is 1.78 bits per heavy atom. The molecule has 0 amide bonds. The average Bonchev–Trinajstić information content (AvgIpc) is 3.35. The van der Waals surface area contributed by atoms with Crippen molar-refractivity contribution in [1.29, 1.82) is 0 Å². The number of rotatable bonds is 6. The highest BCUT2D eigenvalue weighted by Crippen LogP contribution is 2.39. The van der Waals surface area contributed by atoms with Crippen LogP contribution >= 0.6 is 12.2 Å². The molecule has 0 aliphatic carbocycles. The van der Waals surface area contributed by atoms with Gasteiger partial charge in [-0.25, -0.2) is 9.97 Å². The number of hydrogen-bond donors (Lipinski definition) is 8. The van der Waals surface area contributed by atoms with Crippen LogP contribution in [-0.4, -0.2) is 124 Å². The van der Waals surface area contributed by atoms with E-state index in [1.54, 1.807) is 0 Å². The molecule has 0 spiro atoms. The van der Waals surface area contributed by atoms with Crippen molar-refractivity contribution < 1.29 is 50.0 Å². The Morgan fingerprint density at radius 1 is 1.06 bits per heavy atom. The maximum Gasteiger partial charge on any atom is 0.199 e. The summed E-state index contributed by atoms with van der Waals surface area (Å²) in [7, 11) is 0. The third-order valence-electron chi connectivity index (χ3n) is 5.80. The number of H-pyrrole nitrogens is 1. The van der Waals surface area contributed by atoms with Crippen LogP contribution in [0.25, 0.3) is 11.2 Å². The summed E-state index contributed by atoms with van der Waals surface area (Å²) in [5, 5.41) is 70.7. The van der Waals surface area contributed by atoms with E-state index < -0.39 is 74.6 Å². The van der Waals surface area contributed by atoms with E-state index in [-0.39, 0.29) is 15.8 Å². The van der Waals surface area contributed by atoms with E-state index in [1.807, 2.05) is 0 Å². The van der Waals surface area contributed by atoms with E-state index in [4.69, 9.17) is 26.4 Å². The fourth-order valence-corrected chi connectivity index (χ4v) is 4.25. The van der Waals surface area contributed by atoms with E-state index in [2.05, 4.69) is 15.0 Å². The Bertz CT molecular complexity index is 1000. The van der Waals surface area contributed by atoms with Gasteiger partial charge in [0.15, 0.2) is 16.7 Å². The van der Waals surface area contributed by atoms with E-state index in [0.717, 1.165) is 0 Å². The summed E-state index contributed by atoms with van der Waals surface area (Å²) in [6, 6.07) is 0. The van der Waals surface area contributed by atoms with E-state index >= 15 is 0 Å². The van der Waals surface area contributed by atoms with Crippen LogP contribution in [0.15, 0.2) is 12.7 Å². The first-order valence-electron chi connectivity index (χ1n) is 9.73. The first kappa shape index (κ1) is 23.5. The summed E-state index contributed by atoms with van der Waals surface area (Å²) in [5.74, 6) is 0. The fourth-order valence-electron chi connectivity index (χ4n) is 4.05. The third-order valence-corrected chi connectivity index (χ3v) is 6.10. The molecule has 4 heterocycles. The molecule has 2 aromatic heterocycles. The summed E-state index contributed by atoms with van der Waals surface area (Å²) < 4.78 is 18.3. The normalized spacial score (nSPS) is 40.2. The highest BCUT2D eigenvalue weighted by Gasteiger charge is 2.58. The summed E-state index contributed by atoms with van der Waals surface area (Å²) in [5.41, 5.74) is -1.31. The van der Waals surface area contributed by atoms with Gasteiger partial charge in [0.05, 0.1) is 32.5 Å². The first-order valence-corrected chi connectivity index (χ1v) is 10.1. The number of nitrogens with zero attached hydrogens (tertiary/aromatic N) is 3. The number of fused-ring (bicyclic) bond motifs is 1. The predicted molar refractivity (Wildman–Crippen MR) is 104 cm³/mol. The highest BCUT2D eigenvalue weighted by atomic mass is 32.1. The maximum atomic E-state index is 11.1. The molecule has 0 radical (unpaired) electrons. The summed E-state index contributed by atoms with van der Waals surface area (Å²) in [6.45, 7) is -2.09. The molecule has 2 aliphatic heterocycles. The summed E-state index contributed by atoms with van der Waals surface area (Å²) in [6.07, 6.45) is -9.50. The van der Waals surface area contributed by atoms with Crippen LogP contribution in [0, 0.1) is 4.64 Å². The number of nitrogens with one attached hydrogen (secondary N) is 1. The number of imidazole rings is 1. The van der Waals surface area contributed by atoms with Gasteiger partial charge in [0, 0.05) is 0 Å². The molecule has 14 nitrogen and oxygen atoms in total. The lowest BCUT2D eigenvalue weighted by atomic mass is 9.98. The van der Waals surface area contributed by atoms with E-state index in [1.165, 1.54) is 17.2 Å². The summed E-state index contributed by atoms with van der Waals surface area (Å²) >= 11 is 5.13. The number of ether oxygens (including phenoxy) is 3. The molecule has 8 N–H and O–H groups in total. The topological polar surface area (TPSA) is 216 Å². The van der Waals surface area contributed by atoms with Crippen LogP contribution in [0.5, 0.6) is 0 Å². The van der Waals surface area contributed by atoms with Gasteiger partial charge in [-0.1, -0.05) is 12.2 Å². The second kappa shape index (κ2) is 8.96. The number of aromatic amines is 1. The van der Waals surface area contributed by atoms with Crippen molar-refractivity contribution >= 4 is 23.4 Å². The highest BCUT2D eigenvalue weighted by molar-refractivity contribution is 7.71. The molecule has 4 rings (SSSR count). The minimum absolute atomic E-state index is 0.172. The van der Waals surface area contributed by atoms with Gasteiger partial charge < -0.3 is 54.9 Å². The molecule has 1 unspecified atom stereocenters. The Labute approximate surface area is 185 Å². The summed E-state index contributed by atoms with van der Waals surface area (Å²) in [4.78, 5) is 10.9. The van der Waals surface area contributed by atoms with Gasteiger partial charge >= 0.3 is 0 Å². The minimum atomic E-state index is -1.87. The van der Waals surface area contributed by atoms with Gasteiger partial charge in [-0.05, 0) is 0 Å². The molecule has 0 bridgehead atoms. The van der Waals surface area contributed by atoms with Crippen molar-refractivity contribution in [2.24, 2.45) is 0 Å². The van der Waals surface area contributed by atoms with Crippen LogP contribution < -0.4 is 0 Å². The molecule has 32 heavy (non-hydrogen) atoms. The zero-order valence-corrected chi connectivity index (χ0v) is 17.3. The van der Waals surface area contributed by atoms with Gasteiger partial charge in [0.25, 0.3) is 0 Å². The lowest BCUT2D eigenvalue weighted by molar-refractivity contribution is -0.318. The quantitative estimate of drug-likeness (QED) is 0.187. The van der Waals surface area contributed by atoms with E-state index in [0.29, 0.717) is 0 Å².